The van der Waals surface area contributed by atoms with Gasteiger partial charge >= 0.3 is 38.0 Å². The molecule has 0 spiro atoms. The first-order chi connectivity index (χ1) is 30.7. The van der Waals surface area contributed by atoms with Crippen LogP contribution in [0.3, 0.4) is 0 Å². The van der Waals surface area contributed by atoms with Crippen molar-refractivity contribution in [3.05, 3.63) is 0 Å². The summed E-state index contributed by atoms with van der Waals surface area (Å²) in [4.78, 5) is 0. The van der Waals surface area contributed by atoms with Crippen molar-refractivity contribution in [1.82, 2.24) is 0 Å². The highest BCUT2D eigenvalue weighted by atomic mass is 32.7. The van der Waals surface area contributed by atoms with Gasteiger partial charge in [-0.3, -0.25) is 27.4 Å². The van der Waals surface area contributed by atoms with E-state index in [0.29, 0.717) is 31.4 Å². The second-order valence-corrected chi connectivity index (χ2v) is 31.9. The molecule has 0 heterocycles. The van der Waals surface area contributed by atoms with Gasteiger partial charge in [0.25, 0.3) is 6.57 Å². The van der Waals surface area contributed by atoms with Crippen molar-refractivity contribution in [2.45, 2.75) is 189 Å². The van der Waals surface area contributed by atoms with E-state index < -0.39 is 78.5 Å². The van der Waals surface area contributed by atoms with Gasteiger partial charge in [-0.15, -0.1) is 0 Å². The van der Waals surface area contributed by atoms with E-state index in [2.05, 4.69) is 0 Å². The van der Waals surface area contributed by atoms with Crippen LogP contribution in [-0.4, -0.2) is 112 Å². The molecule has 0 aliphatic rings. The third-order valence-electron chi connectivity index (χ3n) is 10.6. The second kappa shape index (κ2) is 34.6. The summed E-state index contributed by atoms with van der Waals surface area (Å²) < 4.78 is 153. The maximum absolute atomic E-state index is 15.2. The molecule has 0 aromatic heterocycles. The molecule has 24 heteroatoms. The molecule has 0 amide bonds. The summed E-state index contributed by atoms with van der Waals surface area (Å²) in [5, 5.41) is 0. The minimum absolute atomic E-state index is 0.0118. The van der Waals surface area contributed by atoms with Gasteiger partial charge in [-0.1, -0.05) is 51.4 Å². The molecule has 0 aromatic carbocycles. The molecule has 0 fully saturated rings. The normalized spacial score (nSPS) is 17.1. The van der Waals surface area contributed by atoms with Gasteiger partial charge in [-0.05, 0) is 120 Å². The number of unbranched alkanes of at least 4 members (excludes halogenated alkanes) is 1. The van der Waals surface area contributed by atoms with Crippen molar-refractivity contribution in [1.29, 1.82) is 0 Å². The van der Waals surface area contributed by atoms with Crippen LogP contribution >= 0.6 is 55.9 Å². The van der Waals surface area contributed by atoms with E-state index in [4.69, 9.17) is 49.8 Å². The largest absolute Gasteiger partial charge is 0.334 e. The molecule has 7 atom stereocenters. The third-order valence-corrected chi connectivity index (χ3v) is 29.8. The predicted molar refractivity (Wildman–Crippen MR) is 267 cm³/mol. The fourth-order valence-electron chi connectivity index (χ4n) is 7.96. The third kappa shape index (κ3) is 21.1. The maximum Gasteiger partial charge on any atom is 0.334 e. The Bertz CT molecular complexity index is 1500. The number of hydrogen-bond donors (Lipinski definition) is 0. The zero-order chi connectivity index (χ0) is 49.8. The van der Waals surface area contributed by atoms with Gasteiger partial charge in [0.1, 0.15) is 0 Å². The van der Waals surface area contributed by atoms with Gasteiger partial charge in [0.15, 0.2) is 0 Å². The van der Waals surface area contributed by atoms with Gasteiger partial charge in [-0.2, -0.15) is 0 Å². The minimum Gasteiger partial charge on any atom is -0.321 e. The first-order valence-electron chi connectivity index (χ1n) is 24.1. The Morgan fingerprint density at radius 3 is 0.892 bits per heavy atom. The van der Waals surface area contributed by atoms with Crippen molar-refractivity contribution in [2.75, 3.05) is 78.4 Å². The van der Waals surface area contributed by atoms with Crippen molar-refractivity contribution in [3.63, 3.8) is 0 Å². The fourth-order valence-corrected chi connectivity index (χ4v) is 25.7. The van der Waals surface area contributed by atoms with E-state index in [1.807, 2.05) is 13.8 Å². The maximum atomic E-state index is 15.2. The van der Waals surface area contributed by atoms with Crippen molar-refractivity contribution in [2.24, 2.45) is 0 Å². The van der Waals surface area contributed by atoms with Crippen molar-refractivity contribution >= 4 is 55.9 Å². The van der Waals surface area contributed by atoms with Crippen LogP contribution in [0.1, 0.15) is 155 Å². The van der Waals surface area contributed by atoms with Gasteiger partial charge in [0, 0.05) is 0 Å². The highest BCUT2D eigenvalue weighted by molar-refractivity contribution is 8.56. The minimum atomic E-state index is -4.14. The molecule has 0 aliphatic heterocycles. The first-order valence-corrected chi connectivity index (χ1v) is 35.4. The van der Waals surface area contributed by atoms with Crippen LogP contribution in [0.15, 0.2) is 0 Å². The average molecular weight is 1070 g/mol. The van der Waals surface area contributed by atoms with Gasteiger partial charge in [0.05, 0.1) is 107 Å². The van der Waals surface area contributed by atoms with E-state index in [0.717, 1.165) is 0 Å². The van der Waals surface area contributed by atoms with E-state index >= 15 is 18.3 Å². The Balaban J connectivity index is 7.73. The molecular weight excluding hydrogens is 982 g/mol. The Kier molecular flexibility index (Phi) is 35.3. The zero-order valence-corrected chi connectivity index (χ0v) is 48.5. The smallest absolute Gasteiger partial charge is 0.321 e. The Labute approximate surface area is 398 Å². The molecule has 0 aliphatic carbocycles. The molecule has 0 radical (unpaired) electrons. The van der Waals surface area contributed by atoms with Crippen molar-refractivity contribution in [3.8, 4) is 0 Å². The summed E-state index contributed by atoms with van der Waals surface area (Å²) in [6.45, 7) is 21.9. The van der Waals surface area contributed by atoms with Gasteiger partial charge in [-0.25, -0.2) is 0 Å². The Hall–Kier alpha value is 1.29. The Morgan fingerprint density at radius 1 is 0.308 bits per heavy atom. The van der Waals surface area contributed by atoms with Gasteiger partial charge in [0.2, 0.25) is 0 Å². The van der Waals surface area contributed by atoms with E-state index in [1.165, 1.54) is 11.4 Å². The van der Waals surface area contributed by atoms with E-state index in [9.17, 15) is 9.13 Å². The molecule has 0 rings (SSSR count). The lowest BCUT2D eigenvalue weighted by molar-refractivity contribution is 0.188. The number of rotatable bonds is 44. The van der Waals surface area contributed by atoms with Crippen LogP contribution in [0.4, 0.5) is 0 Å². The zero-order valence-electron chi connectivity index (χ0n) is 42.3. The summed E-state index contributed by atoms with van der Waals surface area (Å²) in [6, 6.07) is 0. The van der Waals surface area contributed by atoms with Crippen LogP contribution in [0, 0.1) is 0 Å². The quantitative estimate of drug-likeness (QED) is 0.0411. The molecule has 17 nitrogen and oxygen atoms in total. The van der Waals surface area contributed by atoms with Crippen LogP contribution in [0.5, 0.6) is 0 Å². The van der Waals surface area contributed by atoms with Crippen LogP contribution in [-0.2, 0) is 77.2 Å². The van der Waals surface area contributed by atoms with Crippen molar-refractivity contribution < 1.29 is 77.2 Å². The molecule has 7 unspecified atom stereocenters. The molecule has 65 heavy (non-hydrogen) atoms. The molecular formula is C41H90O17P6S. The van der Waals surface area contributed by atoms with Crippen LogP contribution in [0.2, 0.25) is 0 Å². The summed E-state index contributed by atoms with van der Waals surface area (Å²) in [6.07, 6.45) is 2.47. The molecule has 0 saturated heterocycles. The predicted octanol–water partition coefficient (Wildman–Crippen LogP) is 15.1. The molecule has 0 saturated carbocycles. The monoisotopic (exact) mass is 1070 g/mol. The molecule has 0 N–H and O–H groups in total. The molecule has 0 aromatic rings. The summed E-state index contributed by atoms with van der Waals surface area (Å²) >= 11 is 1.19. The SMILES string of the molecule is CCOP(=O)(OCC)C(C)CCCCC(C(CCCC(C(CCC(C)P(=O)(OCC)OCC)P(=O)(OCC)OCC)P(=O)(OCC)OCC)P(=O)(OCC)OCC)P(=O)(OCC)SCC. The summed E-state index contributed by atoms with van der Waals surface area (Å²) in [5.41, 5.74) is -4.99. The van der Waals surface area contributed by atoms with E-state index in [-0.39, 0.29) is 105 Å². The lowest BCUT2D eigenvalue weighted by Crippen LogP contribution is -2.33. The topological polar surface area (TPSA) is 204 Å². The van der Waals surface area contributed by atoms with Gasteiger partial charge < -0.3 is 49.8 Å². The molecule has 0 bridgehead atoms. The first kappa shape index (κ1) is 66.3. The highest BCUT2D eigenvalue weighted by Gasteiger charge is 2.53. The van der Waals surface area contributed by atoms with E-state index in [1.54, 1.807) is 83.1 Å². The standard InChI is InChI=1S/C41H90O17P6S/c1-15-48-59(42,49-16-2)36(13)30-27-28-31-41(64(47,58-25-11)65-26-12)39(62(45,54-21-7)55-22-8)33-29-32-38(61(44,52-19-5)53-20-6)40(63(46,56-23-9)57-24-10)35-34-37(14)60(43,50-17-3)51-18-4/h36-41H,15-35H2,1-14H3. The lowest BCUT2D eigenvalue weighted by Gasteiger charge is -2.38. The van der Waals surface area contributed by atoms with Crippen LogP contribution in [0.25, 0.3) is 0 Å². The Morgan fingerprint density at radius 2 is 0.569 bits per heavy atom. The lowest BCUT2D eigenvalue weighted by atomic mass is 10.0. The number of hydrogen-bond acceptors (Lipinski definition) is 18. The molecule has 392 valence electrons. The highest BCUT2D eigenvalue weighted by Crippen LogP contribution is 2.72. The average Bonchev–Trinajstić information content (AvgIpc) is 3.22. The summed E-state index contributed by atoms with van der Waals surface area (Å²) in [7, 11) is -19.3. The fraction of sp³-hybridized carbons (Fsp3) is 1.00. The second-order valence-electron chi connectivity index (χ2n) is 15.0. The van der Waals surface area contributed by atoms with Crippen LogP contribution < -0.4 is 0 Å². The summed E-state index contributed by atoms with van der Waals surface area (Å²) in [5.74, 6) is 0.453.